The molecule has 1 aliphatic carbocycles. The van der Waals surface area contributed by atoms with Gasteiger partial charge < -0.3 is 9.84 Å². The summed E-state index contributed by atoms with van der Waals surface area (Å²) in [5.41, 5.74) is 0.856. The molecule has 1 aromatic heterocycles. The Kier molecular flexibility index (Phi) is 3.53. The Hall–Kier alpha value is -2.10. The maximum Gasteiger partial charge on any atom is 0.314 e. The molecule has 0 saturated heterocycles. The summed E-state index contributed by atoms with van der Waals surface area (Å²) < 4.78 is 5.62. The molecule has 0 aliphatic heterocycles. The topological polar surface area (TPSA) is 59.4 Å². The number of rotatable bonds is 4. The Labute approximate surface area is 123 Å². The molecule has 21 heavy (non-hydrogen) atoms. The summed E-state index contributed by atoms with van der Waals surface area (Å²) in [7, 11) is 0. The van der Waals surface area contributed by atoms with Gasteiger partial charge in [0.2, 0.25) is 0 Å². The Balaban J connectivity index is 2.24. The van der Waals surface area contributed by atoms with Crippen LogP contribution in [0, 0.1) is 0 Å². The van der Waals surface area contributed by atoms with E-state index in [-0.39, 0.29) is 0 Å². The Bertz CT molecular complexity index is 675. The lowest BCUT2D eigenvalue weighted by Crippen LogP contribution is -2.32. The van der Waals surface area contributed by atoms with E-state index in [1.54, 1.807) is 6.20 Å². The van der Waals surface area contributed by atoms with Crippen LogP contribution in [-0.2, 0) is 10.2 Å². The fraction of sp³-hybridized carbons (Fsp3) is 0.412. The maximum absolute atomic E-state index is 11.9. The minimum Gasteiger partial charge on any atom is -0.492 e. The van der Waals surface area contributed by atoms with Crippen molar-refractivity contribution in [2.75, 3.05) is 6.61 Å². The quantitative estimate of drug-likeness (QED) is 0.933. The van der Waals surface area contributed by atoms with Gasteiger partial charge in [-0.25, -0.2) is 0 Å². The smallest absolute Gasteiger partial charge is 0.314 e. The maximum atomic E-state index is 11.9. The standard InChI is InChI=1S/C17H19NO3/c1-2-21-14-8-7-13(12-6-5-11-18-15(12)14)17(16(19)20)9-3-4-10-17/h5-8,11H,2-4,9-10H2,1H3,(H,19,20). The Morgan fingerprint density at radius 3 is 2.76 bits per heavy atom. The third-order valence-corrected chi connectivity index (χ3v) is 4.41. The molecule has 1 aliphatic rings. The molecule has 3 rings (SSSR count). The van der Waals surface area contributed by atoms with E-state index in [9.17, 15) is 9.90 Å². The fourth-order valence-corrected chi connectivity index (χ4v) is 3.41. The molecule has 2 aromatic rings. The van der Waals surface area contributed by atoms with Crippen LogP contribution < -0.4 is 4.74 Å². The first-order chi connectivity index (χ1) is 10.2. The second-order valence-electron chi connectivity index (χ2n) is 5.54. The number of hydrogen-bond donors (Lipinski definition) is 1. The number of pyridine rings is 1. The molecule has 1 aromatic carbocycles. The number of benzene rings is 1. The predicted octanol–water partition coefficient (Wildman–Crippen LogP) is 3.53. The highest BCUT2D eigenvalue weighted by Crippen LogP contribution is 2.45. The van der Waals surface area contributed by atoms with E-state index in [2.05, 4.69) is 4.98 Å². The highest BCUT2D eigenvalue weighted by Gasteiger charge is 2.44. The molecule has 1 heterocycles. The van der Waals surface area contributed by atoms with E-state index >= 15 is 0 Å². The summed E-state index contributed by atoms with van der Waals surface area (Å²) in [6, 6.07) is 7.57. The van der Waals surface area contributed by atoms with Gasteiger partial charge in [-0.05, 0) is 37.5 Å². The molecule has 1 saturated carbocycles. The van der Waals surface area contributed by atoms with Crippen LogP contribution in [-0.4, -0.2) is 22.7 Å². The largest absolute Gasteiger partial charge is 0.492 e. The SMILES string of the molecule is CCOc1ccc(C2(C(=O)O)CCCC2)c2cccnc12. The van der Waals surface area contributed by atoms with E-state index < -0.39 is 11.4 Å². The van der Waals surface area contributed by atoms with Gasteiger partial charge in [-0.15, -0.1) is 0 Å². The zero-order chi connectivity index (χ0) is 14.9. The Morgan fingerprint density at radius 2 is 2.10 bits per heavy atom. The van der Waals surface area contributed by atoms with E-state index in [0.29, 0.717) is 19.4 Å². The number of aromatic nitrogens is 1. The Morgan fingerprint density at radius 1 is 1.33 bits per heavy atom. The molecular formula is C17H19NO3. The molecule has 110 valence electrons. The molecule has 0 radical (unpaired) electrons. The first kappa shape index (κ1) is 13.9. The van der Waals surface area contributed by atoms with Crippen LogP contribution in [0.15, 0.2) is 30.5 Å². The van der Waals surface area contributed by atoms with Gasteiger partial charge in [0.15, 0.2) is 0 Å². The molecule has 0 unspecified atom stereocenters. The predicted molar refractivity (Wildman–Crippen MR) is 80.7 cm³/mol. The molecule has 0 amide bonds. The number of ether oxygens (including phenoxy) is 1. The van der Waals surface area contributed by atoms with Crippen molar-refractivity contribution in [3.05, 3.63) is 36.0 Å². The molecule has 1 fully saturated rings. The van der Waals surface area contributed by atoms with Crippen molar-refractivity contribution >= 4 is 16.9 Å². The van der Waals surface area contributed by atoms with Crippen molar-refractivity contribution in [1.82, 2.24) is 4.98 Å². The third-order valence-electron chi connectivity index (χ3n) is 4.41. The average molecular weight is 285 g/mol. The molecular weight excluding hydrogens is 266 g/mol. The van der Waals surface area contributed by atoms with Crippen LogP contribution in [0.4, 0.5) is 0 Å². The van der Waals surface area contributed by atoms with E-state index in [4.69, 9.17) is 4.74 Å². The monoisotopic (exact) mass is 285 g/mol. The van der Waals surface area contributed by atoms with Crippen LogP contribution in [0.5, 0.6) is 5.75 Å². The fourth-order valence-electron chi connectivity index (χ4n) is 3.41. The highest BCUT2D eigenvalue weighted by atomic mass is 16.5. The van der Waals surface area contributed by atoms with Crippen LogP contribution in [0.3, 0.4) is 0 Å². The number of aliphatic carboxylic acids is 1. The lowest BCUT2D eigenvalue weighted by molar-refractivity contribution is -0.143. The van der Waals surface area contributed by atoms with Crippen LogP contribution in [0.2, 0.25) is 0 Å². The number of carboxylic acids is 1. The second-order valence-corrected chi connectivity index (χ2v) is 5.54. The third kappa shape index (κ3) is 2.15. The molecule has 1 N–H and O–H groups in total. The molecule has 0 spiro atoms. The van der Waals surface area contributed by atoms with Crippen molar-refractivity contribution in [2.24, 2.45) is 0 Å². The number of hydrogen-bond acceptors (Lipinski definition) is 3. The summed E-state index contributed by atoms with van der Waals surface area (Å²) in [4.78, 5) is 16.3. The average Bonchev–Trinajstić information content (AvgIpc) is 2.99. The van der Waals surface area contributed by atoms with Crippen molar-refractivity contribution in [1.29, 1.82) is 0 Å². The lowest BCUT2D eigenvalue weighted by atomic mass is 9.77. The van der Waals surface area contributed by atoms with E-state index in [1.165, 1.54) is 0 Å². The number of carbonyl (C=O) groups is 1. The van der Waals surface area contributed by atoms with Gasteiger partial charge in [-0.1, -0.05) is 25.0 Å². The van der Waals surface area contributed by atoms with Gasteiger partial charge in [0.25, 0.3) is 0 Å². The van der Waals surface area contributed by atoms with Crippen LogP contribution >= 0.6 is 0 Å². The molecule has 0 bridgehead atoms. The summed E-state index contributed by atoms with van der Waals surface area (Å²) in [6.45, 7) is 2.49. The summed E-state index contributed by atoms with van der Waals surface area (Å²) >= 11 is 0. The number of nitrogens with zero attached hydrogens (tertiary/aromatic N) is 1. The van der Waals surface area contributed by atoms with Crippen LogP contribution in [0.1, 0.15) is 38.2 Å². The minimum atomic E-state index is -0.772. The van der Waals surface area contributed by atoms with Gasteiger partial charge in [0, 0.05) is 11.6 Å². The first-order valence-corrected chi connectivity index (χ1v) is 7.43. The van der Waals surface area contributed by atoms with Crippen molar-refractivity contribution in [3.8, 4) is 5.75 Å². The minimum absolute atomic E-state index is 0.565. The van der Waals surface area contributed by atoms with Crippen LogP contribution in [0.25, 0.3) is 10.9 Å². The van der Waals surface area contributed by atoms with Gasteiger partial charge >= 0.3 is 5.97 Å². The normalized spacial score (nSPS) is 17.0. The second kappa shape index (κ2) is 5.35. The summed E-state index contributed by atoms with van der Waals surface area (Å²) in [6.07, 6.45) is 5.03. The lowest BCUT2D eigenvalue weighted by Gasteiger charge is -2.26. The van der Waals surface area contributed by atoms with E-state index in [0.717, 1.165) is 35.1 Å². The first-order valence-electron chi connectivity index (χ1n) is 7.43. The zero-order valence-corrected chi connectivity index (χ0v) is 12.1. The van der Waals surface area contributed by atoms with Crippen molar-refractivity contribution < 1.29 is 14.6 Å². The molecule has 4 nitrogen and oxygen atoms in total. The van der Waals surface area contributed by atoms with Crippen molar-refractivity contribution in [3.63, 3.8) is 0 Å². The number of fused-ring (bicyclic) bond motifs is 1. The summed E-state index contributed by atoms with van der Waals surface area (Å²) in [5.74, 6) is -0.00954. The van der Waals surface area contributed by atoms with Gasteiger partial charge in [0.1, 0.15) is 11.3 Å². The molecule has 4 heteroatoms. The molecule has 0 atom stereocenters. The van der Waals surface area contributed by atoms with Crippen molar-refractivity contribution in [2.45, 2.75) is 38.0 Å². The summed E-state index contributed by atoms with van der Waals surface area (Å²) in [5, 5.41) is 10.7. The number of carboxylic acid groups (broad SMARTS) is 1. The van der Waals surface area contributed by atoms with E-state index in [1.807, 2.05) is 31.2 Å². The van der Waals surface area contributed by atoms with Gasteiger partial charge in [-0.3, -0.25) is 9.78 Å². The zero-order valence-electron chi connectivity index (χ0n) is 12.1. The van der Waals surface area contributed by atoms with Gasteiger partial charge in [0.05, 0.1) is 12.0 Å². The van der Waals surface area contributed by atoms with Gasteiger partial charge in [-0.2, -0.15) is 0 Å². The highest BCUT2D eigenvalue weighted by molar-refractivity contribution is 5.94.